The van der Waals surface area contributed by atoms with Gasteiger partial charge in [-0.05, 0) is 110 Å². The number of aromatic amines is 4. The number of ether oxygens (including phenoxy) is 2. The fourth-order valence-electron chi connectivity index (χ4n) is 9.05. The number of aliphatic carboxylic acids is 3. The van der Waals surface area contributed by atoms with Gasteiger partial charge in [0.05, 0.1) is 59.9 Å². The molecule has 12 aromatic rings. The summed E-state index contributed by atoms with van der Waals surface area (Å²) in [5.41, 5.74) is 28.8. The highest BCUT2D eigenvalue weighted by atomic mass is 19.4. The van der Waals surface area contributed by atoms with Crippen molar-refractivity contribution in [3.63, 3.8) is 0 Å². The average Bonchev–Trinajstić information content (AvgIpc) is 1.95. The molecule has 8 aromatic heterocycles. The molecule has 8 heterocycles. The van der Waals surface area contributed by atoms with E-state index in [2.05, 4.69) is 78.9 Å². The number of hydrogen-bond acceptors (Lipinski definition) is 13. The number of furan rings is 2. The molecule has 0 spiro atoms. The van der Waals surface area contributed by atoms with Crippen LogP contribution in [0.5, 0.6) is 11.5 Å². The maximum atomic E-state index is 10.6. The summed E-state index contributed by atoms with van der Waals surface area (Å²) in [6.45, 7) is 4.79. The van der Waals surface area contributed by atoms with Gasteiger partial charge in [-0.2, -0.15) is 49.7 Å². The van der Waals surface area contributed by atoms with E-state index >= 15 is 0 Å². The third-order valence-electron chi connectivity index (χ3n) is 13.4. The lowest BCUT2D eigenvalue weighted by molar-refractivity contribution is -0.193. The van der Waals surface area contributed by atoms with Crippen LogP contribution >= 0.6 is 0 Å². The van der Waals surface area contributed by atoms with Gasteiger partial charge in [0.1, 0.15) is 24.7 Å². The maximum absolute atomic E-state index is 10.6. The molecule has 12 rings (SSSR count). The number of halogens is 9. The van der Waals surface area contributed by atoms with Crippen molar-refractivity contribution in [3.05, 3.63) is 182 Å². The molecule has 0 aliphatic carbocycles. The molecule has 0 aliphatic heterocycles. The quantitative estimate of drug-likeness (QED) is 0.0457. The van der Waals surface area contributed by atoms with Gasteiger partial charge in [-0.25, -0.2) is 14.4 Å². The average molecular weight is 1270 g/mol. The van der Waals surface area contributed by atoms with Crippen molar-refractivity contribution >= 4 is 61.5 Å². The summed E-state index contributed by atoms with van der Waals surface area (Å²) in [6, 6.07) is 36.4. The van der Waals surface area contributed by atoms with Crippen LogP contribution in [-0.4, -0.2) is 117 Å². The number of pyridine rings is 2. The highest BCUT2D eigenvalue weighted by Crippen LogP contribution is 2.37. The smallest absolute Gasteiger partial charge is 0.490 e. The van der Waals surface area contributed by atoms with Crippen LogP contribution in [0.1, 0.15) is 22.5 Å². The SMILES string of the molecule is Cc1[nH]nc2ccc(-c3cc(OC[C@@H](N)Cc4c[nH]c5ccccc45)cnc3-c3ccoc3)cc12.Cc1[nH]nc2ccc(-c3cc(OC[C@@H](N)Cc4c[nH]c5ccccc45)cnc3-c3ccoc3)cc12.O=C(O)C(F)(F)F.O=C(O)C(F)(F)F.O=C(O)C(F)(F)F. The molecule has 0 aliphatic rings. The summed E-state index contributed by atoms with van der Waals surface area (Å²) in [5, 5.41) is 40.7. The van der Waals surface area contributed by atoms with Gasteiger partial charge in [-0.3, -0.25) is 20.2 Å². The zero-order valence-corrected chi connectivity index (χ0v) is 47.5. The third kappa shape index (κ3) is 17.2. The van der Waals surface area contributed by atoms with Gasteiger partial charge in [0, 0.05) is 90.7 Å². The standard InChI is InChI=1S/2C28H25N5O2.3C2HF3O2/c2*1-17-24-11-18(6-7-27(24)33-32-17)25-12-22(14-31-28(25)19-8-9-34-15-19)35-16-21(29)10-20-13-30-26-5-3-2-4-23(20)26;3*3-2(4,5)1(6)7/h2*2-9,11-15,21,30H,10,16,29H2,1H3,(H,32,33);3*(H,6,7)/t2*21-;;;/m00.../s1. The molecule has 0 radical (unpaired) electrons. The fourth-order valence-corrected chi connectivity index (χ4v) is 9.05. The Bertz CT molecular complexity index is 4120. The highest BCUT2D eigenvalue weighted by Gasteiger charge is 2.39. The van der Waals surface area contributed by atoms with Crippen molar-refractivity contribution in [1.29, 1.82) is 0 Å². The van der Waals surface area contributed by atoms with Crippen LogP contribution < -0.4 is 20.9 Å². The lowest BCUT2D eigenvalue weighted by Crippen LogP contribution is -2.30. The van der Waals surface area contributed by atoms with Gasteiger partial charge >= 0.3 is 36.4 Å². The number of nitrogens with two attached hydrogens (primary N) is 2. The summed E-state index contributed by atoms with van der Waals surface area (Å²) < 4.78 is 118. The second-order valence-electron chi connectivity index (χ2n) is 20.0. The van der Waals surface area contributed by atoms with Gasteiger partial charge in [0.25, 0.3) is 0 Å². The van der Waals surface area contributed by atoms with Crippen molar-refractivity contribution < 1.29 is 87.5 Å². The zero-order valence-electron chi connectivity index (χ0n) is 47.5. The second-order valence-corrected chi connectivity index (χ2v) is 20.0. The van der Waals surface area contributed by atoms with E-state index in [-0.39, 0.29) is 12.1 Å². The van der Waals surface area contributed by atoms with Gasteiger partial charge in [0.2, 0.25) is 0 Å². The second kappa shape index (κ2) is 28.5. The van der Waals surface area contributed by atoms with Crippen LogP contribution in [0.4, 0.5) is 39.5 Å². The van der Waals surface area contributed by atoms with Crippen molar-refractivity contribution in [3.8, 4) is 56.3 Å². The predicted octanol–water partition coefficient (Wildman–Crippen LogP) is 13.1. The molecule has 20 nitrogen and oxygen atoms in total. The number of carboxylic acid groups (broad SMARTS) is 3. The van der Waals surface area contributed by atoms with Gasteiger partial charge < -0.3 is 55.1 Å². The zero-order chi connectivity index (χ0) is 65.8. The molecule has 0 bridgehead atoms. The summed E-state index contributed by atoms with van der Waals surface area (Å²) in [4.78, 5) is 42.8. The Morgan fingerprint density at radius 1 is 0.516 bits per heavy atom. The maximum Gasteiger partial charge on any atom is 0.490 e. The number of carbonyl (C=O) groups is 3. The van der Waals surface area contributed by atoms with Crippen LogP contribution in [0.2, 0.25) is 0 Å². The number of hydrogen-bond donors (Lipinski definition) is 9. The Morgan fingerprint density at radius 2 is 0.879 bits per heavy atom. The monoisotopic (exact) mass is 1270 g/mol. The Balaban J connectivity index is 0.000000179. The first-order chi connectivity index (χ1) is 43.1. The molecule has 474 valence electrons. The normalized spacial score (nSPS) is 12.1. The van der Waals surface area contributed by atoms with E-state index in [1.54, 1.807) is 37.4 Å². The molecule has 91 heavy (non-hydrogen) atoms. The Morgan fingerprint density at radius 3 is 1.22 bits per heavy atom. The van der Waals surface area contributed by atoms with Crippen molar-refractivity contribution in [1.82, 2.24) is 40.3 Å². The van der Waals surface area contributed by atoms with Crippen molar-refractivity contribution in [2.75, 3.05) is 13.2 Å². The highest BCUT2D eigenvalue weighted by molar-refractivity contribution is 5.92. The Labute approximate surface area is 507 Å². The van der Waals surface area contributed by atoms with Crippen LogP contribution in [0.25, 0.3) is 88.4 Å². The summed E-state index contributed by atoms with van der Waals surface area (Å²) in [5.74, 6) is -6.93. The first-order valence-electron chi connectivity index (χ1n) is 26.9. The molecule has 4 aromatic carbocycles. The number of para-hydroxylation sites is 2. The lowest BCUT2D eigenvalue weighted by Gasteiger charge is -2.15. The number of aryl methyl sites for hydroxylation is 2. The molecule has 29 heteroatoms. The van der Waals surface area contributed by atoms with E-state index in [1.165, 1.54) is 21.9 Å². The number of fused-ring (bicyclic) bond motifs is 4. The van der Waals surface area contributed by atoms with Gasteiger partial charge in [-0.1, -0.05) is 48.5 Å². The van der Waals surface area contributed by atoms with Gasteiger partial charge in [-0.15, -0.1) is 0 Å². The largest absolute Gasteiger partial charge is 0.490 e. The number of alkyl halides is 9. The molecule has 0 saturated heterocycles. The predicted molar refractivity (Wildman–Crippen MR) is 316 cm³/mol. The van der Waals surface area contributed by atoms with Crippen LogP contribution in [0.3, 0.4) is 0 Å². The Hall–Kier alpha value is -10.9. The Kier molecular flexibility index (Phi) is 20.7. The molecular weight excluding hydrogens is 1220 g/mol. The summed E-state index contributed by atoms with van der Waals surface area (Å²) in [7, 11) is 0. The lowest BCUT2D eigenvalue weighted by atomic mass is 9.99. The minimum Gasteiger partial charge on any atom is -0.490 e. The number of H-pyrrole nitrogens is 4. The topological polar surface area (TPSA) is 323 Å². The molecule has 0 fully saturated rings. The van der Waals surface area contributed by atoms with E-state index in [0.29, 0.717) is 37.6 Å². The number of nitrogens with zero attached hydrogens (tertiary/aromatic N) is 4. The molecular formula is C62H53F9N10O10. The minimum absolute atomic E-state index is 0.156. The summed E-state index contributed by atoms with van der Waals surface area (Å²) in [6.07, 6.45) is 0.419. The van der Waals surface area contributed by atoms with E-state index in [9.17, 15) is 39.5 Å². The number of aromatic nitrogens is 8. The van der Waals surface area contributed by atoms with E-state index in [0.717, 1.165) is 89.0 Å². The van der Waals surface area contributed by atoms with E-state index in [1.807, 2.05) is 86.9 Å². The van der Waals surface area contributed by atoms with Crippen LogP contribution in [0.15, 0.2) is 168 Å². The van der Waals surface area contributed by atoms with Crippen molar-refractivity contribution in [2.24, 2.45) is 11.5 Å². The number of carboxylic acids is 3. The van der Waals surface area contributed by atoms with Crippen molar-refractivity contribution in [2.45, 2.75) is 57.3 Å². The third-order valence-corrected chi connectivity index (χ3v) is 13.4. The van der Waals surface area contributed by atoms with Crippen LogP contribution in [-0.2, 0) is 27.2 Å². The minimum atomic E-state index is -5.08. The number of nitrogens with one attached hydrogen (secondary N) is 4. The molecule has 0 saturated carbocycles. The molecule has 0 unspecified atom stereocenters. The van der Waals surface area contributed by atoms with Crippen LogP contribution in [0, 0.1) is 13.8 Å². The molecule has 2 atom stereocenters. The molecule has 0 amide bonds. The molecule has 11 N–H and O–H groups in total. The summed E-state index contributed by atoms with van der Waals surface area (Å²) >= 11 is 0. The first-order valence-corrected chi connectivity index (χ1v) is 26.9. The number of benzene rings is 4. The van der Waals surface area contributed by atoms with E-state index in [4.69, 9.17) is 69.4 Å². The first kappa shape index (κ1) is 66.0. The fraction of sp³-hybridized carbons (Fsp3) is 0.177. The van der Waals surface area contributed by atoms with Gasteiger partial charge in [0.15, 0.2) is 0 Å². The van der Waals surface area contributed by atoms with E-state index < -0.39 is 36.4 Å². The number of rotatable bonds is 14.